The van der Waals surface area contributed by atoms with E-state index in [0.29, 0.717) is 36.6 Å². The quantitative estimate of drug-likeness (QED) is 0.419. The van der Waals surface area contributed by atoms with Gasteiger partial charge in [0.15, 0.2) is 8.32 Å². The highest BCUT2D eigenvalue weighted by atomic mass is 28.4. The Morgan fingerprint density at radius 1 is 1.22 bits per heavy atom. The molecule has 0 bridgehead atoms. The number of halogens is 3. The van der Waals surface area contributed by atoms with Crippen molar-refractivity contribution in [3.63, 3.8) is 0 Å². The summed E-state index contributed by atoms with van der Waals surface area (Å²) >= 11 is 0. The van der Waals surface area contributed by atoms with Crippen LogP contribution in [0.5, 0.6) is 0 Å². The Morgan fingerprint density at radius 3 is 2.49 bits per heavy atom. The molecular formula is C27H39F3N2O4Si. The zero-order chi connectivity index (χ0) is 27.2. The molecular weight excluding hydrogens is 501 g/mol. The van der Waals surface area contributed by atoms with Gasteiger partial charge in [-0.15, -0.1) is 0 Å². The van der Waals surface area contributed by atoms with Gasteiger partial charge in [0.2, 0.25) is 5.76 Å². The number of nitrogens with zero attached hydrogens (tertiary/aromatic N) is 1. The van der Waals surface area contributed by atoms with Crippen molar-refractivity contribution in [1.82, 2.24) is 5.32 Å². The first-order chi connectivity index (χ1) is 17.2. The maximum atomic E-state index is 13.4. The summed E-state index contributed by atoms with van der Waals surface area (Å²) < 4.78 is 52.7. The highest BCUT2D eigenvalue weighted by Crippen LogP contribution is 2.45. The molecule has 1 saturated carbocycles. The molecule has 1 aromatic carbocycles. The highest BCUT2D eigenvalue weighted by molar-refractivity contribution is 6.74. The second-order valence-corrected chi connectivity index (χ2v) is 16.9. The van der Waals surface area contributed by atoms with Crippen molar-refractivity contribution in [1.29, 1.82) is 0 Å². The third-order valence-corrected chi connectivity index (χ3v) is 13.1. The number of hydrogen-bond acceptors (Lipinski definition) is 5. The van der Waals surface area contributed by atoms with Crippen LogP contribution in [0.3, 0.4) is 0 Å². The number of carbonyl (C=O) groups is 1. The highest BCUT2D eigenvalue weighted by Gasteiger charge is 2.46. The lowest BCUT2D eigenvalue weighted by molar-refractivity contribution is -0.137. The number of furan rings is 1. The van der Waals surface area contributed by atoms with Gasteiger partial charge >= 0.3 is 6.18 Å². The minimum Gasteiger partial charge on any atom is -0.449 e. The summed E-state index contributed by atoms with van der Waals surface area (Å²) in [6.45, 7) is 12.5. The Balaban J connectivity index is 1.49. The van der Waals surface area contributed by atoms with Gasteiger partial charge in [0.1, 0.15) is 5.58 Å². The molecule has 1 fully saturated rings. The van der Waals surface area contributed by atoms with Gasteiger partial charge in [-0.05, 0) is 74.4 Å². The van der Waals surface area contributed by atoms with Crippen molar-refractivity contribution in [2.45, 2.75) is 82.8 Å². The Morgan fingerprint density at radius 2 is 1.89 bits per heavy atom. The fraction of sp³-hybridized carbons (Fsp3) is 0.667. The molecule has 2 aliphatic rings. The van der Waals surface area contributed by atoms with E-state index in [9.17, 15) is 23.1 Å². The molecule has 0 spiro atoms. The maximum absolute atomic E-state index is 13.4. The smallest absolute Gasteiger partial charge is 0.416 e. The summed E-state index contributed by atoms with van der Waals surface area (Å²) in [5.74, 6) is 0.0647. The SMILES string of the molecule is CC(C)(C)[Si](C)(C)OC1(CO)CCC(CCN2CCNC(=O)c3oc4ccc(C(F)(F)F)cc4c32)CC1. The van der Waals surface area contributed by atoms with Crippen LogP contribution in [0.1, 0.15) is 69.0 Å². The standard InChI is InChI=1S/C27H39F3N2O4Si/c1-25(2,3)37(4,5)36-26(17-33)11-8-18(9-12-26)10-14-32-15-13-31-24(34)23-22(32)20-16-19(27(28,29)30)6-7-21(20)35-23/h6-7,16,18,33H,8-15,17H2,1-5H3,(H,31,34). The van der Waals surface area contributed by atoms with Crippen LogP contribution in [0.15, 0.2) is 22.6 Å². The van der Waals surface area contributed by atoms with Gasteiger partial charge in [-0.25, -0.2) is 0 Å². The van der Waals surface area contributed by atoms with Gasteiger partial charge in [-0.1, -0.05) is 20.8 Å². The summed E-state index contributed by atoms with van der Waals surface area (Å²) in [4.78, 5) is 14.6. The van der Waals surface area contributed by atoms with Crippen molar-refractivity contribution in [2.24, 2.45) is 5.92 Å². The van der Waals surface area contributed by atoms with Gasteiger partial charge in [-0.2, -0.15) is 13.2 Å². The number of benzene rings is 1. The molecule has 1 amide bonds. The van der Waals surface area contributed by atoms with Crippen molar-refractivity contribution in [3.05, 3.63) is 29.5 Å². The molecule has 2 aromatic rings. The minimum absolute atomic E-state index is 0.0119. The fourth-order valence-corrected chi connectivity index (χ4v) is 6.92. The third-order valence-electron chi connectivity index (χ3n) is 8.57. The molecule has 2 N–H and O–H groups in total. The van der Waals surface area contributed by atoms with Crippen LogP contribution in [0.4, 0.5) is 18.9 Å². The van der Waals surface area contributed by atoms with E-state index in [0.717, 1.165) is 44.2 Å². The molecule has 37 heavy (non-hydrogen) atoms. The third kappa shape index (κ3) is 5.71. The lowest BCUT2D eigenvalue weighted by atomic mass is 9.78. The molecule has 2 heterocycles. The van der Waals surface area contributed by atoms with Crippen LogP contribution >= 0.6 is 0 Å². The van der Waals surface area contributed by atoms with Crippen molar-refractivity contribution >= 4 is 30.9 Å². The van der Waals surface area contributed by atoms with E-state index < -0.39 is 31.6 Å². The van der Waals surface area contributed by atoms with Crippen LogP contribution < -0.4 is 10.2 Å². The molecule has 0 saturated heterocycles. The van der Waals surface area contributed by atoms with E-state index >= 15 is 0 Å². The minimum atomic E-state index is -4.48. The Labute approximate surface area is 217 Å². The van der Waals surface area contributed by atoms with Gasteiger partial charge in [-0.3, -0.25) is 4.79 Å². The van der Waals surface area contributed by atoms with Crippen molar-refractivity contribution in [3.8, 4) is 0 Å². The number of fused-ring (bicyclic) bond motifs is 3. The van der Waals surface area contributed by atoms with Gasteiger partial charge in [0.05, 0.1) is 23.5 Å². The zero-order valence-electron chi connectivity index (χ0n) is 22.4. The predicted molar refractivity (Wildman–Crippen MR) is 140 cm³/mol. The monoisotopic (exact) mass is 540 g/mol. The Kier molecular flexibility index (Phi) is 7.51. The lowest BCUT2D eigenvalue weighted by Crippen LogP contribution is -2.53. The molecule has 0 radical (unpaired) electrons. The van der Waals surface area contributed by atoms with Crippen molar-refractivity contribution < 1.29 is 31.9 Å². The Hall–Kier alpha value is -2.04. The number of anilines is 1. The largest absolute Gasteiger partial charge is 0.449 e. The fourth-order valence-electron chi connectivity index (χ4n) is 5.27. The van der Waals surface area contributed by atoms with E-state index in [-0.39, 0.29) is 23.0 Å². The van der Waals surface area contributed by atoms with Gasteiger partial charge in [0.25, 0.3) is 5.91 Å². The first-order valence-corrected chi connectivity index (χ1v) is 16.0. The topological polar surface area (TPSA) is 74.9 Å². The molecule has 1 aliphatic carbocycles. The average molecular weight is 541 g/mol. The second kappa shape index (κ2) is 9.93. The molecule has 4 rings (SSSR count). The molecule has 6 nitrogen and oxygen atoms in total. The Bertz CT molecular complexity index is 1130. The van der Waals surface area contributed by atoms with E-state index in [1.165, 1.54) is 6.07 Å². The van der Waals surface area contributed by atoms with Crippen molar-refractivity contribution in [2.75, 3.05) is 31.1 Å². The normalized spacial score (nSPS) is 23.6. The summed E-state index contributed by atoms with van der Waals surface area (Å²) in [6, 6.07) is 3.35. The number of aliphatic hydroxyl groups excluding tert-OH is 1. The summed E-state index contributed by atoms with van der Waals surface area (Å²) in [5.41, 5.74) is -0.547. The van der Waals surface area contributed by atoms with E-state index in [1.54, 1.807) is 0 Å². The first-order valence-electron chi connectivity index (χ1n) is 13.1. The lowest BCUT2D eigenvalue weighted by Gasteiger charge is -2.48. The van der Waals surface area contributed by atoms with E-state index in [2.05, 4.69) is 39.2 Å². The number of carbonyl (C=O) groups excluding carboxylic acids is 1. The number of rotatable bonds is 6. The van der Waals surface area contributed by atoms with Crippen LogP contribution in [0.2, 0.25) is 18.1 Å². The van der Waals surface area contributed by atoms with Crippen LogP contribution in [0.25, 0.3) is 11.0 Å². The summed E-state index contributed by atoms with van der Waals surface area (Å²) in [6.07, 6.45) is -0.245. The molecule has 1 aromatic heterocycles. The van der Waals surface area contributed by atoms with Gasteiger partial charge in [0, 0.05) is 25.0 Å². The van der Waals surface area contributed by atoms with Crippen LogP contribution in [0, 0.1) is 5.92 Å². The molecule has 10 heteroatoms. The van der Waals surface area contributed by atoms with Crippen LogP contribution in [-0.2, 0) is 10.6 Å². The maximum Gasteiger partial charge on any atom is 0.416 e. The molecule has 1 aliphatic heterocycles. The molecule has 0 atom stereocenters. The van der Waals surface area contributed by atoms with E-state index in [4.69, 9.17) is 8.84 Å². The molecule has 206 valence electrons. The summed E-state index contributed by atoms with van der Waals surface area (Å²) in [7, 11) is -2.04. The number of alkyl halides is 3. The number of hydrogen-bond donors (Lipinski definition) is 2. The molecule has 0 unspecified atom stereocenters. The van der Waals surface area contributed by atoms with E-state index in [1.807, 2.05) is 4.90 Å². The zero-order valence-corrected chi connectivity index (χ0v) is 23.4. The first kappa shape index (κ1) is 28.0. The van der Waals surface area contributed by atoms with Crippen LogP contribution in [-0.4, -0.2) is 51.2 Å². The second-order valence-electron chi connectivity index (χ2n) is 12.2. The number of amides is 1. The van der Waals surface area contributed by atoms with Gasteiger partial charge < -0.3 is 24.2 Å². The number of aliphatic hydroxyl groups is 1. The average Bonchev–Trinajstić information content (AvgIpc) is 3.12. The summed E-state index contributed by atoms with van der Waals surface area (Å²) in [5, 5.41) is 13.4. The predicted octanol–water partition coefficient (Wildman–Crippen LogP) is 6.33. The number of nitrogens with one attached hydrogen (secondary N) is 1.